The van der Waals surface area contributed by atoms with Crippen LogP contribution in [0.25, 0.3) is 11.0 Å². The van der Waals surface area contributed by atoms with Gasteiger partial charge in [-0.15, -0.1) is 0 Å². The molecule has 18 heavy (non-hydrogen) atoms. The molecule has 1 heterocycles. The van der Waals surface area contributed by atoms with Crippen molar-refractivity contribution >= 4 is 22.6 Å². The fraction of sp³-hybridized carbons (Fsp3) is 0.357. The zero-order chi connectivity index (χ0) is 12.9. The van der Waals surface area contributed by atoms with Gasteiger partial charge < -0.3 is 15.5 Å². The Balaban J connectivity index is 1.83. The molecule has 1 aromatic heterocycles. The summed E-state index contributed by atoms with van der Waals surface area (Å²) < 4.78 is 5.51. The van der Waals surface area contributed by atoms with E-state index in [1.54, 1.807) is 24.3 Å². The largest absolute Gasteiger partial charge is 0.451 e. The molecule has 1 fully saturated rings. The van der Waals surface area contributed by atoms with Crippen molar-refractivity contribution in [1.29, 1.82) is 0 Å². The maximum Gasteiger partial charge on any atom is 0.287 e. The van der Waals surface area contributed by atoms with E-state index in [0.29, 0.717) is 17.0 Å². The van der Waals surface area contributed by atoms with Gasteiger partial charge in [0.25, 0.3) is 5.91 Å². The van der Waals surface area contributed by atoms with Gasteiger partial charge in [-0.2, -0.15) is 0 Å². The van der Waals surface area contributed by atoms with E-state index >= 15 is 0 Å². The van der Waals surface area contributed by atoms with E-state index in [-0.39, 0.29) is 17.4 Å². The highest BCUT2D eigenvalue weighted by molar-refractivity contribution is 5.97. The molecule has 4 nitrogen and oxygen atoms in total. The first-order valence-corrected chi connectivity index (χ1v) is 6.06. The number of carbonyl (C=O) groups excluding carboxylic acids is 1. The van der Waals surface area contributed by atoms with E-state index in [1.807, 2.05) is 0 Å². The Morgan fingerprint density at radius 3 is 2.83 bits per heavy atom. The minimum atomic E-state index is -0.152. The van der Waals surface area contributed by atoms with Crippen LogP contribution in [-0.4, -0.2) is 11.9 Å². The van der Waals surface area contributed by atoms with Gasteiger partial charge in [-0.05, 0) is 36.1 Å². The predicted molar refractivity (Wildman–Crippen MR) is 70.3 cm³/mol. The highest BCUT2D eigenvalue weighted by Crippen LogP contribution is 2.44. The number of nitrogens with two attached hydrogens (primary N) is 1. The Morgan fingerprint density at radius 1 is 1.44 bits per heavy atom. The van der Waals surface area contributed by atoms with Crippen LogP contribution in [0.15, 0.2) is 28.7 Å². The van der Waals surface area contributed by atoms with Crippen molar-refractivity contribution in [3.63, 3.8) is 0 Å². The van der Waals surface area contributed by atoms with E-state index < -0.39 is 0 Å². The van der Waals surface area contributed by atoms with Crippen molar-refractivity contribution < 1.29 is 9.21 Å². The molecule has 0 spiro atoms. The molecule has 0 bridgehead atoms. The van der Waals surface area contributed by atoms with Crippen LogP contribution < -0.4 is 11.1 Å². The van der Waals surface area contributed by atoms with Crippen LogP contribution in [0.5, 0.6) is 0 Å². The van der Waals surface area contributed by atoms with Crippen molar-refractivity contribution in [2.45, 2.75) is 26.3 Å². The normalized spacial score (nSPS) is 20.9. The molecule has 1 saturated carbocycles. The number of nitrogen functional groups attached to an aromatic ring is 1. The van der Waals surface area contributed by atoms with Gasteiger partial charge in [0.2, 0.25) is 0 Å². The lowest BCUT2D eigenvalue weighted by molar-refractivity contribution is 0.0920. The third-order valence-corrected chi connectivity index (χ3v) is 3.58. The highest BCUT2D eigenvalue weighted by atomic mass is 16.3. The number of fused-ring (bicyclic) bond motifs is 1. The molecule has 0 radical (unpaired) electrons. The summed E-state index contributed by atoms with van der Waals surface area (Å²) >= 11 is 0. The van der Waals surface area contributed by atoms with E-state index in [0.717, 1.165) is 11.8 Å². The lowest BCUT2D eigenvalue weighted by Gasteiger charge is -2.04. The molecule has 1 atom stereocenters. The summed E-state index contributed by atoms with van der Waals surface area (Å²) in [7, 11) is 0. The smallest absolute Gasteiger partial charge is 0.287 e. The summed E-state index contributed by atoms with van der Waals surface area (Å²) in [4.78, 5) is 12.0. The first kappa shape index (κ1) is 11.1. The van der Waals surface area contributed by atoms with Crippen molar-refractivity contribution in [3.05, 3.63) is 30.0 Å². The topological polar surface area (TPSA) is 68.3 Å². The van der Waals surface area contributed by atoms with Crippen LogP contribution in [-0.2, 0) is 0 Å². The molecule has 3 N–H and O–H groups in total. The van der Waals surface area contributed by atoms with Gasteiger partial charge in [0, 0.05) is 17.1 Å². The molecule has 1 amide bonds. The molecule has 0 aliphatic heterocycles. The summed E-state index contributed by atoms with van der Waals surface area (Å²) in [5.41, 5.74) is 7.26. The quantitative estimate of drug-likeness (QED) is 0.798. The standard InChI is InChI=1S/C14H16N2O2/c1-14(2)7-12(14)16-13(17)11-6-8-5-9(15)3-4-10(8)18-11/h3-6,12H,7,15H2,1-2H3,(H,16,17). The van der Waals surface area contributed by atoms with Gasteiger partial charge in [0.1, 0.15) is 5.58 Å². The van der Waals surface area contributed by atoms with Gasteiger partial charge in [-0.1, -0.05) is 13.8 Å². The molecule has 0 saturated heterocycles. The minimum Gasteiger partial charge on any atom is -0.451 e. The van der Waals surface area contributed by atoms with Crippen LogP contribution in [0, 0.1) is 5.41 Å². The number of amides is 1. The number of carbonyl (C=O) groups is 1. The Morgan fingerprint density at radius 2 is 2.17 bits per heavy atom. The van der Waals surface area contributed by atoms with Crippen LogP contribution in [0.3, 0.4) is 0 Å². The second-order valence-corrected chi connectivity index (χ2v) is 5.63. The molecular formula is C14H16N2O2. The Kier molecular flexibility index (Phi) is 2.17. The van der Waals surface area contributed by atoms with E-state index in [9.17, 15) is 4.79 Å². The molecule has 3 rings (SSSR count). The molecule has 1 aromatic carbocycles. The number of rotatable bonds is 2. The summed E-state index contributed by atoms with van der Waals surface area (Å²) in [6, 6.07) is 7.33. The molecular weight excluding hydrogens is 228 g/mol. The molecule has 1 unspecified atom stereocenters. The fourth-order valence-electron chi connectivity index (χ4n) is 2.12. The van der Waals surface area contributed by atoms with Crippen molar-refractivity contribution in [3.8, 4) is 0 Å². The van der Waals surface area contributed by atoms with Crippen LogP contribution >= 0.6 is 0 Å². The highest BCUT2D eigenvalue weighted by Gasteiger charge is 2.46. The monoisotopic (exact) mass is 244 g/mol. The van der Waals surface area contributed by atoms with E-state index in [4.69, 9.17) is 10.2 Å². The fourth-order valence-corrected chi connectivity index (χ4v) is 2.12. The van der Waals surface area contributed by atoms with Gasteiger partial charge in [0.05, 0.1) is 0 Å². The maximum absolute atomic E-state index is 12.0. The number of anilines is 1. The van der Waals surface area contributed by atoms with E-state index in [1.165, 1.54) is 0 Å². The molecule has 1 aliphatic carbocycles. The van der Waals surface area contributed by atoms with Crippen LogP contribution in [0.2, 0.25) is 0 Å². The molecule has 1 aliphatic rings. The first-order valence-electron chi connectivity index (χ1n) is 6.06. The number of nitrogens with one attached hydrogen (secondary N) is 1. The van der Waals surface area contributed by atoms with Crippen molar-refractivity contribution in [2.24, 2.45) is 5.41 Å². The lowest BCUT2D eigenvalue weighted by atomic mass is 10.2. The summed E-state index contributed by atoms with van der Waals surface area (Å²) in [5, 5.41) is 3.83. The van der Waals surface area contributed by atoms with E-state index in [2.05, 4.69) is 19.2 Å². The number of furan rings is 1. The van der Waals surface area contributed by atoms with Gasteiger partial charge in [0.15, 0.2) is 5.76 Å². The summed E-state index contributed by atoms with van der Waals surface area (Å²) in [6.45, 7) is 4.27. The van der Waals surface area contributed by atoms with Gasteiger partial charge in [-0.25, -0.2) is 0 Å². The number of hydrogen-bond donors (Lipinski definition) is 2. The van der Waals surface area contributed by atoms with Gasteiger partial charge in [-0.3, -0.25) is 4.79 Å². The van der Waals surface area contributed by atoms with Crippen molar-refractivity contribution in [2.75, 3.05) is 5.73 Å². The molecule has 94 valence electrons. The van der Waals surface area contributed by atoms with Crippen molar-refractivity contribution in [1.82, 2.24) is 5.32 Å². The average Bonchev–Trinajstić information content (AvgIpc) is 2.74. The lowest BCUT2D eigenvalue weighted by Crippen LogP contribution is -2.27. The summed E-state index contributed by atoms with van der Waals surface area (Å²) in [6.07, 6.45) is 1.02. The second kappa shape index (κ2) is 3.51. The van der Waals surface area contributed by atoms with Crippen LogP contribution in [0.4, 0.5) is 5.69 Å². The SMILES string of the molecule is CC1(C)CC1NC(=O)c1cc2cc(N)ccc2o1. The number of benzene rings is 1. The minimum absolute atomic E-state index is 0.152. The third-order valence-electron chi connectivity index (χ3n) is 3.58. The van der Waals surface area contributed by atoms with Gasteiger partial charge >= 0.3 is 0 Å². The predicted octanol–water partition coefficient (Wildman–Crippen LogP) is 2.54. The second-order valence-electron chi connectivity index (χ2n) is 5.63. The summed E-state index contributed by atoms with van der Waals surface area (Å²) in [5.74, 6) is 0.193. The Labute approximate surface area is 105 Å². The third kappa shape index (κ3) is 1.83. The Bertz CT molecular complexity index is 628. The van der Waals surface area contributed by atoms with Crippen LogP contribution in [0.1, 0.15) is 30.8 Å². The maximum atomic E-state index is 12.0. The zero-order valence-corrected chi connectivity index (χ0v) is 10.5. The zero-order valence-electron chi connectivity index (χ0n) is 10.5. The molecule has 2 aromatic rings. The average molecular weight is 244 g/mol. The Hall–Kier alpha value is -1.97. The number of hydrogen-bond acceptors (Lipinski definition) is 3. The molecule has 4 heteroatoms. The first-order chi connectivity index (χ1) is 8.45.